The second kappa shape index (κ2) is 8.37. The molecule has 0 heterocycles. The van der Waals surface area contributed by atoms with Crippen LogP contribution in [0.1, 0.15) is 12.0 Å². The van der Waals surface area contributed by atoms with Crippen molar-refractivity contribution in [3.8, 4) is 0 Å². The Balaban J connectivity index is 2.48. The molecule has 0 saturated carbocycles. The first-order valence-electron chi connectivity index (χ1n) is 5.79. The summed E-state index contributed by atoms with van der Waals surface area (Å²) >= 11 is 5.89. The van der Waals surface area contributed by atoms with Crippen LogP contribution < -0.4 is 11.3 Å². The highest BCUT2D eigenvalue weighted by Crippen LogP contribution is 2.21. The van der Waals surface area contributed by atoms with Gasteiger partial charge in [-0.3, -0.25) is 11.3 Å². The van der Waals surface area contributed by atoms with Crippen molar-refractivity contribution in [3.05, 3.63) is 34.6 Å². The molecule has 1 rings (SSSR count). The molecular formula is C12H16ClF3N2O. The van der Waals surface area contributed by atoms with Gasteiger partial charge in [-0.1, -0.05) is 17.7 Å². The number of benzene rings is 1. The number of halogens is 4. The summed E-state index contributed by atoms with van der Waals surface area (Å²) in [7, 11) is 0. The number of nitrogens with one attached hydrogen (secondary N) is 1. The zero-order valence-corrected chi connectivity index (χ0v) is 11.0. The fraction of sp³-hybridized carbons (Fsp3) is 0.500. The average molecular weight is 297 g/mol. The molecule has 19 heavy (non-hydrogen) atoms. The average Bonchev–Trinajstić information content (AvgIpc) is 2.36. The lowest BCUT2D eigenvalue weighted by Crippen LogP contribution is -2.38. The molecule has 0 radical (unpaired) electrons. The van der Waals surface area contributed by atoms with E-state index < -0.39 is 18.8 Å². The van der Waals surface area contributed by atoms with Gasteiger partial charge in [0.1, 0.15) is 12.4 Å². The minimum Gasteiger partial charge on any atom is -0.375 e. The lowest BCUT2D eigenvalue weighted by atomic mass is 10.0. The zero-order valence-electron chi connectivity index (χ0n) is 10.2. The van der Waals surface area contributed by atoms with E-state index in [0.29, 0.717) is 17.0 Å². The molecule has 0 aromatic heterocycles. The van der Waals surface area contributed by atoms with Gasteiger partial charge in [0.05, 0.1) is 0 Å². The SMILES string of the molecule is NNC(CCOCC(F)F)Cc1c(F)cccc1Cl. The van der Waals surface area contributed by atoms with Crippen LogP contribution in [0.2, 0.25) is 5.02 Å². The summed E-state index contributed by atoms with van der Waals surface area (Å²) in [4.78, 5) is 0. The highest BCUT2D eigenvalue weighted by Gasteiger charge is 2.14. The number of hydrazine groups is 1. The molecule has 3 N–H and O–H groups in total. The van der Waals surface area contributed by atoms with Crippen molar-refractivity contribution in [3.63, 3.8) is 0 Å². The molecule has 108 valence electrons. The molecule has 0 amide bonds. The molecule has 0 fully saturated rings. The molecule has 1 aromatic carbocycles. The van der Waals surface area contributed by atoms with Crippen LogP contribution in [0, 0.1) is 5.82 Å². The van der Waals surface area contributed by atoms with Crippen molar-refractivity contribution >= 4 is 11.6 Å². The van der Waals surface area contributed by atoms with Crippen LogP contribution >= 0.6 is 11.6 Å². The van der Waals surface area contributed by atoms with E-state index in [-0.39, 0.29) is 19.1 Å². The Labute approximate surface area is 114 Å². The predicted molar refractivity (Wildman–Crippen MR) is 67.7 cm³/mol. The Morgan fingerprint density at radius 1 is 1.37 bits per heavy atom. The summed E-state index contributed by atoms with van der Waals surface area (Å²) < 4.78 is 42.0. The van der Waals surface area contributed by atoms with Crippen LogP contribution in [0.4, 0.5) is 13.2 Å². The first-order chi connectivity index (χ1) is 9.04. The maximum atomic E-state index is 13.6. The largest absolute Gasteiger partial charge is 0.375 e. The summed E-state index contributed by atoms with van der Waals surface area (Å²) in [6, 6.07) is 4.10. The number of rotatable bonds is 8. The molecule has 0 aliphatic heterocycles. The smallest absolute Gasteiger partial charge is 0.261 e. The van der Waals surface area contributed by atoms with E-state index >= 15 is 0 Å². The maximum Gasteiger partial charge on any atom is 0.261 e. The van der Waals surface area contributed by atoms with Gasteiger partial charge in [0.2, 0.25) is 0 Å². The number of nitrogens with two attached hydrogens (primary N) is 1. The standard InChI is InChI=1S/C12H16ClF3N2O/c13-10-2-1-3-11(14)9(10)6-8(18-17)4-5-19-7-12(15)16/h1-3,8,12,18H,4-7,17H2. The van der Waals surface area contributed by atoms with Crippen molar-refractivity contribution in [2.24, 2.45) is 5.84 Å². The third-order valence-corrected chi connectivity index (χ3v) is 2.96. The lowest BCUT2D eigenvalue weighted by molar-refractivity contribution is 0.0144. The van der Waals surface area contributed by atoms with E-state index in [2.05, 4.69) is 5.43 Å². The van der Waals surface area contributed by atoms with Gasteiger partial charge >= 0.3 is 0 Å². The molecule has 1 atom stereocenters. The summed E-state index contributed by atoms with van der Waals surface area (Å²) in [6.07, 6.45) is -1.85. The van der Waals surface area contributed by atoms with Crippen molar-refractivity contribution in [2.45, 2.75) is 25.3 Å². The van der Waals surface area contributed by atoms with E-state index in [1.807, 2.05) is 0 Å². The monoisotopic (exact) mass is 296 g/mol. The molecule has 0 saturated heterocycles. The molecule has 1 aromatic rings. The van der Waals surface area contributed by atoms with Crippen LogP contribution in [-0.4, -0.2) is 25.7 Å². The van der Waals surface area contributed by atoms with Crippen molar-refractivity contribution in [2.75, 3.05) is 13.2 Å². The van der Waals surface area contributed by atoms with Gasteiger partial charge in [0, 0.05) is 23.2 Å². The van der Waals surface area contributed by atoms with Crippen LogP contribution in [0.3, 0.4) is 0 Å². The van der Waals surface area contributed by atoms with Crippen molar-refractivity contribution in [1.29, 1.82) is 0 Å². The zero-order chi connectivity index (χ0) is 14.3. The highest BCUT2D eigenvalue weighted by molar-refractivity contribution is 6.31. The molecule has 0 bridgehead atoms. The Hall–Kier alpha value is -0.820. The van der Waals surface area contributed by atoms with E-state index in [9.17, 15) is 13.2 Å². The Morgan fingerprint density at radius 2 is 2.11 bits per heavy atom. The van der Waals surface area contributed by atoms with Gasteiger partial charge in [-0.05, 0) is 25.0 Å². The number of alkyl halides is 2. The summed E-state index contributed by atoms with van der Waals surface area (Å²) in [5.74, 6) is 4.93. The summed E-state index contributed by atoms with van der Waals surface area (Å²) in [5, 5.41) is 0.314. The van der Waals surface area contributed by atoms with E-state index in [0.717, 1.165) is 0 Å². The summed E-state index contributed by atoms with van der Waals surface area (Å²) in [6.45, 7) is -0.497. The first-order valence-corrected chi connectivity index (χ1v) is 6.17. The van der Waals surface area contributed by atoms with Crippen molar-refractivity contribution in [1.82, 2.24) is 5.43 Å². The number of ether oxygens (including phenoxy) is 1. The molecule has 3 nitrogen and oxygen atoms in total. The van der Waals surface area contributed by atoms with E-state index in [1.165, 1.54) is 12.1 Å². The second-order valence-electron chi connectivity index (χ2n) is 4.02. The van der Waals surface area contributed by atoms with Gasteiger partial charge in [-0.2, -0.15) is 0 Å². The molecule has 0 aliphatic carbocycles. The normalized spacial score (nSPS) is 12.9. The number of hydrogen-bond donors (Lipinski definition) is 2. The van der Waals surface area contributed by atoms with Gasteiger partial charge in [0.15, 0.2) is 0 Å². The lowest BCUT2D eigenvalue weighted by Gasteiger charge is -2.17. The van der Waals surface area contributed by atoms with Gasteiger partial charge < -0.3 is 4.74 Å². The third-order valence-electron chi connectivity index (χ3n) is 2.60. The molecule has 1 unspecified atom stereocenters. The maximum absolute atomic E-state index is 13.6. The Kier molecular flexibility index (Phi) is 7.15. The summed E-state index contributed by atoms with van der Waals surface area (Å²) in [5.41, 5.74) is 2.85. The highest BCUT2D eigenvalue weighted by atomic mass is 35.5. The molecule has 7 heteroatoms. The van der Waals surface area contributed by atoms with Gasteiger partial charge in [-0.25, -0.2) is 13.2 Å². The molecular weight excluding hydrogens is 281 g/mol. The minimum atomic E-state index is -2.50. The van der Waals surface area contributed by atoms with Crippen LogP contribution in [0.5, 0.6) is 0 Å². The number of hydrogen-bond acceptors (Lipinski definition) is 3. The Morgan fingerprint density at radius 3 is 2.68 bits per heavy atom. The van der Waals surface area contributed by atoms with Crippen LogP contribution in [0.25, 0.3) is 0 Å². The first kappa shape index (κ1) is 16.2. The topological polar surface area (TPSA) is 47.3 Å². The van der Waals surface area contributed by atoms with Crippen molar-refractivity contribution < 1.29 is 17.9 Å². The quantitative estimate of drug-likeness (QED) is 0.440. The molecule has 0 aliphatic rings. The van der Waals surface area contributed by atoms with Crippen LogP contribution in [0.15, 0.2) is 18.2 Å². The molecule has 0 spiro atoms. The third kappa shape index (κ3) is 5.78. The fourth-order valence-corrected chi connectivity index (χ4v) is 1.86. The Bertz CT molecular complexity index is 373. The second-order valence-corrected chi connectivity index (χ2v) is 4.43. The predicted octanol–water partition coefficient (Wildman–Crippen LogP) is 2.53. The van der Waals surface area contributed by atoms with Crippen LogP contribution in [-0.2, 0) is 11.2 Å². The van der Waals surface area contributed by atoms with Gasteiger partial charge in [0.25, 0.3) is 6.43 Å². The van der Waals surface area contributed by atoms with E-state index in [1.54, 1.807) is 6.07 Å². The van der Waals surface area contributed by atoms with E-state index in [4.69, 9.17) is 22.2 Å². The van der Waals surface area contributed by atoms with Gasteiger partial charge in [-0.15, -0.1) is 0 Å². The minimum absolute atomic E-state index is 0.116. The fourth-order valence-electron chi connectivity index (χ4n) is 1.62.